The van der Waals surface area contributed by atoms with Crippen LogP contribution in [0.1, 0.15) is 17.3 Å². The van der Waals surface area contributed by atoms with Gasteiger partial charge in [-0.1, -0.05) is 0 Å². The number of fused-ring (bicyclic) bond motifs is 1. The highest BCUT2D eigenvalue weighted by molar-refractivity contribution is 6.51. The van der Waals surface area contributed by atoms with E-state index >= 15 is 0 Å². The number of carbonyl (C=O) groups excluding carboxylic acids is 2. The van der Waals surface area contributed by atoms with Gasteiger partial charge in [-0.25, -0.2) is 0 Å². The third-order valence-corrected chi connectivity index (χ3v) is 2.62. The second-order valence-corrected chi connectivity index (χ2v) is 3.53. The van der Waals surface area contributed by atoms with Gasteiger partial charge in [0.25, 0.3) is 11.7 Å². The number of Topliss-reactive ketones (excluding diaryl/α,β-unsaturated/α-hetero) is 1. The molecule has 0 fully saturated rings. The SMILES string of the molecule is CCN(C)c1ccc2c(c1)NC(=O)C2=O. The molecule has 1 aliphatic heterocycles. The van der Waals surface area contributed by atoms with Crippen LogP contribution in [0.3, 0.4) is 0 Å². The maximum Gasteiger partial charge on any atom is 0.296 e. The van der Waals surface area contributed by atoms with Crippen LogP contribution in [-0.4, -0.2) is 25.3 Å². The van der Waals surface area contributed by atoms with Gasteiger partial charge in [-0.05, 0) is 25.1 Å². The smallest absolute Gasteiger partial charge is 0.296 e. The van der Waals surface area contributed by atoms with Crippen molar-refractivity contribution in [2.24, 2.45) is 0 Å². The van der Waals surface area contributed by atoms with Gasteiger partial charge in [-0.2, -0.15) is 0 Å². The van der Waals surface area contributed by atoms with Crippen molar-refractivity contribution < 1.29 is 9.59 Å². The molecule has 0 atom stereocenters. The number of ketones is 1. The Kier molecular flexibility index (Phi) is 2.19. The number of amides is 1. The van der Waals surface area contributed by atoms with Gasteiger partial charge < -0.3 is 10.2 Å². The number of benzene rings is 1. The predicted molar refractivity (Wildman–Crippen MR) is 58.3 cm³/mol. The summed E-state index contributed by atoms with van der Waals surface area (Å²) < 4.78 is 0. The first-order valence-electron chi connectivity index (χ1n) is 4.84. The van der Waals surface area contributed by atoms with E-state index in [1.54, 1.807) is 6.07 Å². The quantitative estimate of drug-likeness (QED) is 0.738. The Bertz CT molecular complexity index is 440. The minimum Gasteiger partial charge on any atom is -0.375 e. The lowest BCUT2D eigenvalue weighted by Crippen LogP contribution is -2.15. The van der Waals surface area contributed by atoms with Crippen molar-refractivity contribution in [3.8, 4) is 0 Å². The first-order valence-corrected chi connectivity index (χ1v) is 4.84. The van der Waals surface area contributed by atoms with Crippen LogP contribution in [0.15, 0.2) is 18.2 Å². The lowest BCUT2D eigenvalue weighted by Gasteiger charge is -2.17. The van der Waals surface area contributed by atoms with E-state index in [1.165, 1.54) is 0 Å². The predicted octanol–water partition coefficient (Wildman–Crippen LogP) is 1.28. The molecule has 0 unspecified atom stereocenters. The monoisotopic (exact) mass is 204 g/mol. The average Bonchev–Trinajstić information content (AvgIpc) is 2.53. The number of carbonyl (C=O) groups is 2. The maximum atomic E-state index is 11.3. The zero-order valence-corrected chi connectivity index (χ0v) is 8.70. The van der Waals surface area contributed by atoms with Crippen molar-refractivity contribution >= 4 is 23.1 Å². The standard InChI is InChI=1S/C11H12N2O2/c1-3-13(2)7-4-5-8-9(6-7)12-11(15)10(8)14/h4-6H,3H2,1-2H3,(H,12,14,15). The molecule has 1 heterocycles. The van der Waals surface area contributed by atoms with Crippen LogP contribution in [0, 0.1) is 0 Å². The molecule has 1 aliphatic rings. The van der Waals surface area contributed by atoms with Crippen LogP contribution in [-0.2, 0) is 4.79 Å². The summed E-state index contributed by atoms with van der Waals surface area (Å²) in [6.07, 6.45) is 0. The highest BCUT2D eigenvalue weighted by Gasteiger charge is 2.27. The Balaban J connectivity index is 2.42. The molecule has 4 heteroatoms. The van der Waals surface area contributed by atoms with Gasteiger partial charge in [0.15, 0.2) is 0 Å². The summed E-state index contributed by atoms with van der Waals surface area (Å²) in [5.74, 6) is -0.989. The van der Waals surface area contributed by atoms with Gasteiger partial charge in [0.05, 0.1) is 11.3 Å². The van der Waals surface area contributed by atoms with Crippen LogP contribution in [0.2, 0.25) is 0 Å². The zero-order valence-electron chi connectivity index (χ0n) is 8.70. The molecule has 1 amide bonds. The van der Waals surface area contributed by atoms with Crippen LogP contribution in [0.25, 0.3) is 0 Å². The van der Waals surface area contributed by atoms with Gasteiger partial charge in [0.2, 0.25) is 0 Å². The number of nitrogens with zero attached hydrogens (tertiary/aromatic N) is 1. The first kappa shape index (κ1) is 9.71. The summed E-state index contributed by atoms with van der Waals surface area (Å²) in [6.45, 7) is 2.91. The second kappa shape index (κ2) is 3.38. The third kappa shape index (κ3) is 1.48. The average molecular weight is 204 g/mol. The minimum absolute atomic E-state index is 0.448. The molecule has 1 aromatic carbocycles. The molecule has 0 bridgehead atoms. The normalized spacial score (nSPS) is 13.7. The Morgan fingerprint density at radius 2 is 2.07 bits per heavy atom. The van der Waals surface area contributed by atoms with Gasteiger partial charge in [-0.3, -0.25) is 9.59 Å². The molecule has 0 saturated carbocycles. The molecule has 2 rings (SSSR count). The molecule has 15 heavy (non-hydrogen) atoms. The van der Waals surface area contributed by atoms with Crippen molar-refractivity contribution in [2.45, 2.75) is 6.92 Å². The maximum absolute atomic E-state index is 11.3. The van der Waals surface area contributed by atoms with Crippen LogP contribution < -0.4 is 10.2 Å². The Morgan fingerprint density at radius 3 is 2.73 bits per heavy atom. The van der Waals surface area contributed by atoms with E-state index in [0.717, 1.165) is 12.2 Å². The molecule has 1 aromatic rings. The van der Waals surface area contributed by atoms with E-state index in [1.807, 2.05) is 31.0 Å². The van der Waals surface area contributed by atoms with Crippen molar-refractivity contribution in [1.82, 2.24) is 0 Å². The molecule has 0 aromatic heterocycles. The molecular formula is C11H12N2O2. The van der Waals surface area contributed by atoms with Crippen LogP contribution in [0.5, 0.6) is 0 Å². The molecule has 78 valence electrons. The lowest BCUT2D eigenvalue weighted by molar-refractivity contribution is -0.112. The molecule has 0 spiro atoms. The molecule has 1 N–H and O–H groups in total. The van der Waals surface area contributed by atoms with Crippen molar-refractivity contribution in [3.05, 3.63) is 23.8 Å². The molecule has 0 aliphatic carbocycles. The number of nitrogens with one attached hydrogen (secondary N) is 1. The van der Waals surface area contributed by atoms with E-state index in [2.05, 4.69) is 5.32 Å². The van der Waals surface area contributed by atoms with E-state index in [0.29, 0.717) is 11.3 Å². The van der Waals surface area contributed by atoms with Gasteiger partial charge >= 0.3 is 0 Å². The topological polar surface area (TPSA) is 49.4 Å². The Morgan fingerprint density at radius 1 is 1.33 bits per heavy atom. The van der Waals surface area contributed by atoms with Crippen LogP contribution >= 0.6 is 0 Å². The largest absolute Gasteiger partial charge is 0.375 e. The van der Waals surface area contributed by atoms with E-state index in [4.69, 9.17) is 0 Å². The highest BCUT2D eigenvalue weighted by Crippen LogP contribution is 2.27. The summed E-state index contributed by atoms with van der Waals surface area (Å²) in [5.41, 5.74) is 2.07. The van der Waals surface area contributed by atoms with Crippen LogP contribution in [0.4, 0.5) is 11.4 Å². The third-order valence-electron chi connectivity index (χ3n) is 2.62. The van der Waals surface area contributed by atoms with Gasteiger partial charge in [0, 0.05) is 19.3 Å². The number of rotatable bonds is 2. The highest BCUT2D eigenvalue weighted by atomic mass is 16.2. The fraction of sp³-hybridized carbons (Fsp3) is 0.273. The molecule has 0 saturated heterocycles. The second-order valence-electron chi connectivity index (χ2n) is 3.53. The van der Waals surface area contributed by atoms with Crippen molar-refractivity contribution in [1.29, 1.82) is 0 Å². The lowest BCUT2D eigenvalue weighted by atomic mass is 10.1. The summed E-state index contributed by atoms with van der Waals surface area (Å²) in [7, 11) is 1.96. The summed E-state index contributed by atoms with van der Waals surface area (Å²) >= 11 is 0. The summed E-state index contributed by atoms with van der Waals surface area (Å²) in [6, 6.07) is 5.36. The van der Waals surface area contributed by atoms with Crippen molar-refractivity contribution in [3.63, 3.8) is 0 Å². The Labute approximate surface area is 87.9 Å². The van der Waals surface area contributed by atoms with E-state index < -0.39 is 11.7 Å². The number of anilines is 2. The van der Waals surface area contributed by atoms with Gasteiger partial charge in [0.1, 0.15) is 0 Å². The fourth-order valence-electron chi connectivity index (χ4n) is 1.56. The molecule has 4 nitrogen and oxygen atoms in total. The Hall–Kier alpha value is -1.84. The summed E-state index contributed by atoms with van der Waals surface area (Å²) in [5, 5.41) is 2.55. The minimum atomic E-state index is -0.540. The molecule has 0 radical (unpaired) electrons. The van der Waals surface area contributed by atoms with Crippen molar-refractivity contribution in [2.75, 3.05) is 23.8 Å². The molecular weight excluding hydrogens is 192 g/mol. The number of hydrogen-bond donors (Lipinski definition) is 1. The van der Waals surface area contributed by atoms with E-state index in [-0.39, 0.29) is 0 Å². The summed E-state index contributed by atoms with van der Waals surface area (Å²) in [4.78, 5) is 24.5. The van der Waals surface area contributed by atoms with E-state index in [9.17, 15) is 9.59 Å². The first-order chi connectivity index (χ1) is 7.13. The zero-order chi connectivity index (χ0) is 11.0. The fourth-order valence-corrected chi connectivity index (χ4v) is 1.56. The number of hydrogen-bond acceptors (Lipinski definition) is 3. The van der Waals surface area contributed by atoms with Gasteiger partial charge in [-0.15, -0.1) is 0 Å².